The van der Waals surface area contributed by atoms with Gasteiger partial charge in [-0.25, -0.2) is 4.39 Å². The Hall–Kier alpha value is -2.73. The molecule has 0 saturated carbocycles. The lowest BCUT2D eigenvalue weighted by molar-refractivity contribution is -0.119. The van der Waals surface area contributed by atoms with Gasteiger partial charge in [-0.15, -0.1) is 0 Å². The molecule has 0 heterocycles. The molecular weight excluding hydrogens is 321 g/mol. The highest BCUT2D eigenvalue weighted by atomic mass is 19.1. The van der Waals surface area contributed by atoms with Gasteiger partial charge in [0.2, 0.25) is 11.8 Å². The van der Waals surface area contributed by atoms with Crippen molar-refractivity contribution in [3.05, 3.63) is 59.4 Å². The number of likely N-dealkylation sites (N-methyl/N-ethyl adjacent to an activating group) is 1. The number of hydrogen-bond acceptors (Lipinski definition) is 3. The van der Waals surface area contributed by atoms with E-state index in [4.69, 9.17) is 0 Å². The number of aryl methyl sites for hydroxylation is 1. The van der Waals surface area contributed by atoms with Crippen molar-refractivity contribution in [1.29, 1.82) is 0 Å². The molecule has 2 rings (SSSR count). The highest BCUT2D eigenvalue weighted by Gasteiger charge is 2.12. The molecule has 0 aliphatic carbocycles. The number of hydrogen-bond donors (Lipinski definition) is 2. The van der Waals surface area contributed by atoms with E-state index in [-0.39, 0.29) is 24.9 Å². The van der Waals surface area contributed by atoms with E-state index in [0.29, 0.717) is 5.69 Å². The summed E-state index contributed by atoms with van der Waals surface area (Å²) in [4.78, 5) is 25.7. The summed E-state index contributed by atoms with van der Waals surface area (Å²) in [5.74, 6) is -0.929. The van der Waals surface area contributed by atoms with E-state index in [9.17, 15) is 14.0 Å². The number of carbonyl (C=O) groups is 2. The summed E-state index contributed by atoms with van der Waals surface area (Å²) in [6.07, 6.45) is 0. The summed E-state index contributed by atoms with van der Waals surface area (Å²) < 4.78 is 13.1. The van der Waals surface area contributed by atoms with E-state index in [1.807, 2.05) is 32.0 Å². The van der Waals surface area contributed by atoms with Gasteiger partial charge < -0.3 is 10.6 Å². The molecule has 0 aliphatic heterocycles. The number of nitrogens with zero attached hydrogens (tertiary/aromatic N) is 1. The fourth-order valence-electron chi connectivity index (χ4n) is 2.39. The van der Waals surface area contributed by atoms with Gasteiger partial charge in [0, 0.05) is 11.4 Å². The molecule has 0 aliphatic rings. The number of halogens is 1. The Bertz CT molecular complexity index is 777. The summed E-state index contributed by atoms with van der Waals surface area (Å²) in [5.41, 5.74) is 3.27. The van der Waals surface area contributed by atoms with E-state index in [0.717, 1.165) is 16.8 Å². The highest BCUT2D eigenvalue weighted by molar-refractivity contribution is 5.95. The third-order valence-electron chi connectivity index (χ3n) is 3.81. The molecule has 2 N–H and O–H groups in total. The van der Waals surface area contributed by atoms with Crippen molar-refractivity contribution in [2.24, 2.45) is 0 Å². The third kappa shape index (κ3) is 5.69. The van der Waals surface area contributed by atoms with Gasteiger partial charge in [-0.1, -0.05) is 18.2 Å². The van der Waals surface area contributed by atoms with Crippen LogP contribution in [0.3, 0.4) is 0 Å². The lowest BCUT2D eigenvalue weighted by atomic mass is 10.1. The van der Waals surface area contributed by atoms with E-state index in [2.05, 4.69) is 10.6 Å². The summed E-state index contributed by atoms with van der Waals surface area (Å²) in [6, 6.07) is 11.4. The normalized spacial score (nSPS) is 10.6. The van der Waals surface area contributed by atoms with Crippen LogP contribution in [-0.4, -0.2) is 36.9 Å². The third-order valence-corrected chi connectivity index (χ3v) is 3.81. The minimum absolute atomic E-state index is 0.0245. The molecule has 0 bridgehead atoms. The summed E-state index contributed by atoms with van der Waals surface area (Å²) in [7, 11) is 1.67. The molecule has 0 radical (unpaired) electrons. The molecule has 0 atom stereocenters. The molecule has 132 valence electrons. The average molecular weight is 343 g/mol. The van der Waals surface area contributed by atoms with Crippen LogP contribution in [0.1, 0.15) is 11.1 Å². The Morgan fingerprint density at radius 2 is 1.64 bits per heavy atom. The molecule has 0 spiro atoms. The second kappa shape index (κ2) is 8.39. The maximum atomic E-state index is 13.1. The fourth-order valence-corrected chi connectivity index (χ4v) is 2.39. The second-order valence-corrected chi connectivity index (χ2v) is 6.03. The molecule has 0 saturated heterocycles. The van der Waals surface area contributed by atoms with Crippen LogP contribution in [0.15, 0.2) is 42.5 Å². The summed E-state index contributed by atoms with van der Waals surface area (Å²) in [6.45, 7) is 4.02. The quantitative estimate of drug-likeness (QED) is 0.848. The zero-order valence-electron chi connectivity index (χ0n) is 14.6. The Labute approximate surface area is 146 Å². The first kappa shape index (κ1) is 18.6. The predicted molar refractivity (Wildman–Crippen MR) is 97.1 cm³/mol. The molecule has 25 heavy (non-hydrogen) atoms. The minimum Gasteiger partial charge on any atom is -0.325 e. The molecule has 0 unspecified atom stereocenters. The number of rotatable bonds is 6. The van der Waals surface area contributed by atoms with Gasteiger partial charge >= 0.3 is 0 Å². The van der Waals surface area contributed by atoms with E-state index in [1.54, 1.807) is 18.0 Å². The molecular formula is C19H22FN3O2. The number of benzene rings is 2. The van der Waals surface area contributed by atoms with Crippen molar-refractivity contribution in [3.63, 3.8) is 0 Å². The Morgan fingerprint density at radius 3 is 2.32 bits per heavy atom. The summed E-state index contributed by atoms with van der Waals surface area (Å²) in [5, 5.41) is 5.45. The molecule has 2 aromatic rings. The smallest absolute Gasteiger partial charge is 0.238 e. The average Bonchev–Trinajstić information content (AvgIpc) is 2.51. The van der Waals surface area contributed by atoms with Crippen LogP contribution in [-0.2, 0) is 9.59 Å². The zero-order valence-corrected chi connectivity index (χ0v) is 14.6. The predicted octanol–water partition coefficient (Wildman–Crippen LogP) is 2.95. The largest absolute Gasteiger partial charge is 0.325 e. The summed E-state index contributed by atoms with van der Waals surface area (Å²) >= 11 is 0. The molecule has 2 aromatic carbocycles. The first-order chi connectivity index (χ1) is 11.8. The van der Waals surface area contributed by atoms with E-state index >= 15 is 0 Å². The van der Waals surface area contributed by atoms with Crippen molar-refractivity contribution >= 4 is 23.2 Å². The maximum absolute atomic E-state index is 13.1. The Balaban J connectivity index is 1.84. The maximum Gasteiger partial charge on any atom is 0.238 e. The van der Waals surface area contributed by atoms with Crippen LogP contribution in [0.5, 0.6) is 0 Å². The van der Waals surface area contributed by atoms with Gasteiger partial charge in [-0.3, -0.25) is 14.5 Å². The van der Waals surface area contributed by atoms with Gasteiger partial charge in [0.15, 0.2) is 0 Å². The van der Waals surface area contributed by atoms with Crippen LogP contribution in [0, 0.1) is 19.7 Å². The van der Waals surface area contributed by atoms with Crippen LogP contribution < -0.4 is 10.6 Å². The van der Waals surface area contributed by atoms with Crippen LogP contribution in [0.25, 0.3) is 0 Å². The van der Waals surface area contributed by atoms with Crippen molar-refractivity contribution in [3.8, 4) is 0 Å². The van der Waals surface area contributed by atoms with Gasteiger partial charge in [0.05, 0.1) is 13.1 Å². The Morgan fingerprint density at radius 1 is 1.00 bits per heavy atom. The lowest BCUT2D eigenvalue weighted by Gasteiger charge is -2.17. The first-order valence-electron chi connectivity index (χ1n) is 7.95. The van der Waals surface area contributed by atoms with E-state index in [1.165, 1.54) is 18.2 Å². The number of anilines is 2. The van der Waals surface area contributed by atoms with Crippen LogP contribution >= 0.6 is 0 Å². The minimum atomic E-state index is -0.418. The molecule has 0 fully saturated rings. The lowest BCUT2D eigenvalue weighted by Crippen LogP contribution is -2.36. The number of carbonyl (C=O) groups excluding carboxylic acids is 2. The van der Waals surface area contributed by atoms with Gasteiger partial charge in [0.1, 0.15) is 5.82 Å². The second-order valence-electron chi connectivity index (χ2n) is 6.03. The van der Waals surface area contributed by atoms with Gasteiger partial charge in [0.25, 0.3) is 0 Å². The SMILES string of the molecule is Cc1cccc(NC(=O)CN(C)CC(=O)Nc2cccc(F)c2)c1C. The molecule has 6 heteroatoms. The topological polar surface area (TPSA) is 61.4 Å². The monoisotopic (exact) mass is 343 g/mol. The zero-order chi connectivity index (χ0) is 18.4. The molecule has 2 amide bonds. The molecule has 0 aromatic heterocycles. The fraction of sp³-hybridized carbons (Fsp3) is 0.263. The van der Waals surface area contributed by atoms with Crippen molar-refractivity contribution in [2.75, 3.05) is 30.8 Å². The standard InChI is InChI=1S/C19H22FN3O2/c1-13-6-4-9-17(14(13)2)22-19(25)12-23(3)11-18(24)21-16-8-5-7-15(20)10-16/h4-10H,11-12H2,1-3H3,(H,21,24)(H,22,25). The van der Waals surface area contributed by atoms with Gasteiger partial charge in [-0.2, -0.15) is 0 Å². The van der Waals surface area contributed by atoms with Gasteiger partial charge in [-0.05, 0) is 56.3 Å². The van der Waals surface area contributed by atoms with Crippen molar-refractivity contribution < 1.29 is 14.0 Å². The van der Waals surface area contributed by atoms with Crippen molar-refractivity contribution in [2.45, 2.75) is 13.8 Å². The van der Waals surface area contributed by atoms with Crippen LogP contribution in [0.2, 0.25) is 0 Å². The molecule has 5 nitrogen and oxygen atoms in total. The number of amides is 2. The first-order valence-corrected chi connectivity index (χ1v) is 7.95. The number of nitrogens with one attached hydrogen (secondary N) is 2. The highest BCUT2D eigenvalue weighted by Crippen LogP contribution is 2.17. The van der Waals surface area contributed by atoms with Crippen molar-refractivity contribution in [1.82, 2.24) is 4.90 Å². The Kier molecular flexibility index (Phi) is 6.25. The van der Waals surface area contributed by atoms with E-state index < -0.39 is 5.82 Å². The van der Waals surface area contributed by atoms with Crippen LogP contribution in [0.4, 0.5) is 15.8 Å².